The van der Waals surface area contributed by atoms with Gasteiger partial charge in [-0.05, 0) is 96.9 Å². The molecule has 0 radical (unpaired) electrons. The minimum Gasteiger partial charge on any atom is -0.456 e. The molecule has 0 spiro atoms. The van der Waals surface area contributed by atoms with Crippen molar-refractivity contribution in [2.45, 2.75) is 5.41 Å². The number of hydrogen-bond acceptors (Lipinski definition) is 2. The van der Waals surface area contributed by atoms with Gasteiger partial charge in [0.2, 0.25) is 0 Å². The molecule has 254 valence electrons. The van der Waals surface area contributed by atoms with Gasteiger partial charge in [0.1, 0.15) is 11.2 Å². The number of benzene rings is 8. The molecular formula is C52H35NO. The molecule has 2 nitrogen and oxygen atoms in total. The first-order valence-electron chi connectivity index (χ1n) is 18.7. The van der Waals surface area contributed by atoms with Gasteiger partial charge in [-0.15, -0.1) is 0 Å². The molecule has 0 unspecified atom stereocenters. The van der Waals surface area contributed by atoms with Gasteiger partial charge < -0.3 is 9.32 Å². The topological polar surface area (TPSA) is 16.4 Å². The zero-order chi connectivity index (χ0) is 35.8. The Bertz CT molecular complexity index is 3000. The van der Waals surface area contributed by atoms with Crippen molar-refractivity contribution >= 4 is 66.0 Å². The highest BCUT2D eigenvalue weighted by atomic mass is 16.3. The first kappa shape index (κ1) is 30.7. The van der Waals surface area contributed by atoms with E-state index < -0.39 is 5.41 Å². The van der Waals surface area contributed by atoms with Gasteiger partial charge in [0, 0.05) is 28.6 Å². The smallest absolute Gasteiger partial charge is 0.136 e. The summed E-state index contributed by atoms with van der Waals surface area (Å²) in [6, 6.07) is 63.9. The van der Waals surface area contributed by atoms with Gasteiger partial charge in [0.15, 0.2) is 0 Å². The van der Waals surface area contributed by atoms with Crippen LogP contribution in [0.1, 0.15) is 27.8 Å². The molecule has 0 N–H and O–H groups in total. The number of hydrogen-bond donors (Lipinski definition) is 0. The van der Waals surface area contributed by atoms with Crippen LogP contribution in [0.4, 0.5) is 11.4 Å². The average molecular weight is 690 g/mol. The van der Waals surface area contributed by atoms with Crippen molar-refractivity contribution in [3.63, 3.8) is 0 Å². The molecule has 54 heavy (non-hydrogen) atoms. The molecule has 8 aromatic carbocycles. The van der Waals surface area contributed by atoms with Crippen molar-refractivity contribution in [2.24, 2.45) is 0 Å². The zero-order valence-electron chi connectivity index (χ0n) is 29.7. The van der Waals surface area contributed by atoms with Crippen LogP contribution in [0.2, 0.25) is 0 Å². The Hall–Kier alpha value is -6.90. The van der Waals surface area contributed by atoms with Crippen molar-refractivity contribution in [2.75, 3.05) is 11.4 Å². The lowest BCUT2D eigenvalue weighted by molar-refractivity contribution is 0.669. The quantitative estimate of drug-likeness (QED) is 0.172. The molecule has 2 heteroatoms. The van der Waals surface area contributed by atoms with Gasteiger partial charge in [0.25, 0.3) is 0 Å². The molecule has 0 saturated heterocycles. The van der Waals surface area contributed by atoms with Gasteiger partial charge in [-0.3, -0.25) is 0 Å². The molecule has 1 aromatic heterocycles. The maximum Gasteiger partial charge on any atom is 0.136 e. The largest absolute Gasteiger partial charge is 0.456 e. The Morgan fingerprint density at radius 3 is 2.00 bits per heavy atom. The van der Waals surface area contributed by atoms with Crippen LogP contribution in [0, 0.1) is 0 Å². The SMILES string of the molecule is C=C1/C=C2\C(=C/CN(c3ccc4c(ccc5ccccc54)c3)c3cc4c(cc31)oc1ccccc14)C(c1ccccc1)(c1ccccc1)c1ccccc12. The van der Waals surface area contributed by atoms with E-state index in [4.69, 9.17) is 11.0 Å². The van der Waals surface area contributed by atoms with E-state index in [2.05, 4.69) is 187 Å². The minimum absolute atomic E-state index is 0.528. The predicted octanol–water partition coefficient (Wildman–Crippen LogP) is 13.4. The first-order valence-corrected chi connectivity index (χ1v) is 18.7. The summed E-state index contributed by atoms with van der Waals surface area (Å²) in [5, 5.41) is 7.19. The van der Waals surface area contributed by atoms with E-state index in [0.29, 0.717) is 6.54 Å². The number of rotatable bonds is 3. The molecule has 0 atom stereocenters. The molecule has 0 saturated carbocycles. The summed E-state index contributed by atoms with van der Waals surface area (Å²) in [5.74, 6) is 0. The Morgan fingerprint density at radius 2 is 1.19 bits per heavy atom. The van der Waals surface area contributed by atoms with Crippen molar-refractivity contribution < 1.29 is 4.42 Å². The summed E-state index contributed by atoms with van der Waals surface area (Å²) in [6.07, 6.45) is 4.80. The monoisotopic (exact) mass is 689 g/mol. The van der Waals surface area contributed by atoms with Crippen LogP contribution in [0.3, 0.4) is 0 Å². The van der Waals surface area contributed by atoms with Crippen LogP contribution in [0.5, 0.6) is 0 Å². The summed E-state index contributed by atoms with van der Waals surface area (Å²) in [4.78, 5) is 2.48. The molecule has 0 amide bonds. The van der Waals surface area contributed by atoms with Gasteiger partial charge in [0.05, 0.1) is 11.1 Å². The molecule has 0 fully saturated rings. The number of nitrogens with zero attached hydrogens (tertiary/aromatic N) is 1. The Balaban J connectivity index is 1.22. The highest BCUT2D eigenvalue weighted by molar-refractivity contribution is 6.11. The van der Waals surface area contributed by atoms with E-state index >= 15 is 0 Å². The number of allylic oxidation sites excluding steroid dienone is 4. The maximum absolute atomic E-state index is 6.51. The van der Waals surface area contributed by atoms with Crippen LogP contribution >= 0.6 is 0 Å². The minimum atomic E-state index is -0.528. The molecule has 1 aliphatic carbocycles. The number of anilines is 2. The second kappa shape index (κ2) is 11.8. The molecule has 1 aliphatic heterocycles. The van der Waals surface area contributed by atoms with Crippen LogP contribution in [-0.2, 0) is 5.41 Å². The van der Waals surface area contributed by atoms with Gasteiger partial charge in [-0.2, -0.15) is 0 Å². The van der Waals surface area contributed by atoms with E-state index in [1.165, 1.54) is 54.9 Å². The highest BCUT2D eigenvalue weighted by Crippen LogP contribution is 2.58. The Labute approximate surface area is 314 Å². The molecule has 0 bridgehead atoms. The lowest BCUT2D eigenvalue weighted by Crippen LogP contribution is -2.29. The van der Waals surface area contributed by atoms with Crippen molar-refractivity contribution in [3.05, 3.63) is 228 Å². The normalized spacial score (nSPS) is 16.9. The third-order valence-corrected chi connectivity index (χ3v) is 11.7. The average Bonchev–Trinajstić information content (AvgIpc) is 3.75. The first-order chi connectivity index (χ1) is 26.7. The third kappa shape index (κ3) is 4.41. The molecule has 11 rings (SSSR count). The van der Waals surface area contributed by atoms with Crippen molar-refractivity contribution in [1.29, 1.82) is 0 Å². The lowest BCUT2D eigenvalue weighted by Gasteiger charge is -2.35. The molecule has 2 heterocycles. The fourth-order valence-corrected chi connectivity index (χ4v) is 9.31. The number of fused-ring (bicyclic) bond motifs is 10. The second-order valence-corrected chi connectivity index (χ2v) is 14.5. The fraction of sp³-hybridized carbons (Fsp3) is 0.0385. The predicted molar refractivity (Wildman–Crippen MR) is 226 cm³/mol. The summed E-state index contributed by atoms with van der Waals surface area (Å²) < 4.78 is 6.51. The van der Waals surface area contributed by atoms with Crippen molar-refractivity contribution in [3.8, 4) is 0 Å². The van der Waals surface area contributed by atoms with Crippen LogP contribution in [0.25, 0.3) is 54.6 Å². The Kier molecular flexibility index (Phi) is 6.72. The second-order valence-electron chi connectivity index (χ2n) is 14.5. The van der Waals surface area contributed by atoms with E-state index in [0.717, 1.165) is 44.4 Å². The summed E-state index contributed by atoms with van der Waals surface area (Å²) in [7, 11) is 0. The Morgan fingerprint density at radius 1 is 0.519 bits per heavy atom. The summed E-state index contributed by atoms with van der Waals surface area (Å²) >= 11 is 0. The van der Waals surface area contributed by atoms with Crippen LogP contribution < -0.4 is 4.90 Å². The third-order valence-electron chi connectivity index (χ3n) is 11.7. The fourth-order valence-electron chi connectivity index (χ4n) is 9.31. The van der Waals surface area contributed by atoms with Crippen LogP contribution in [-0.4, -0.2) is 6.54 Å². The standard InChI is InChI=1S/C52H35NO/c1-34-30-45-42-20-10-12-22-47(42)52(37-15-4-2-5-16-37,38-17-6-3-7-18-38)48(45)28-29-53(39-26-27-41-36(31-39)25-24-35-14-8-9-19-40(35)41)49-32-46-43-21-11-13-23-50(43)54-51(46)33-44(34)49/h2-28,30-33H,1,29H2/b45-30-,48-28+. The maximum atomic E-state index is 6.51. The highest BCUT2D eigenvalue weighted by Gasteiger charge is 2.48. The number of furan rings is 1. The van der Waals surface area contributed by atoms with E-state index in [9.17, 15) is 0 Å². The summed E-state index contributed by atoms with van der Waals surface area (Å²) in [5.41, 5.74) is 12.9. The van der Waals surface area contributed by atoms with E-state index in [1.807, 2.05) is 6.07 Å². The molecular weight excluding hydrogens is 655 g/mol. The molecule has 9 aromatic rings. The summed E-state index contributed by atoms with van der Waals surface area (Å²) in [6.45, 7) is 5.47. The van der Waals surface area contributed by atoms with Gasteiger partial charge in [-0.25, -0.2) is 0 Å². The molecule has 2 aliphatic rings. The lowest BCUT2D eigenvalue weighted by atomic mass is 9.67. The van der Waals surface area contributed by atoms with Gasteiger partial charge in [-0.1, -0.05) is 158 Å². The van der Waals surface area contributed by atoms with E-state index in [1.54, 1.807) is 0 Å². The van der Waals surface area contributed by atoms with Gasteiger partial charge >= 0.3 is 0 Å². The van der Waals surface area contributed by atoms with E-state index in [-0.39, 0.29) is 0 Å². The van der Waals surface area contributed by atoms with Crippen LogP contribution in [0.15, 0.2) is 205 Å². The van der Waals surface area contributed by atoms with Crippen molar-refractivity contribution in [1.82, 2.24) is 0 Å². The number of para-hydroxylation sites is 1. The zero-order valence-corrected chi connectivity index (χ0v) is 29.7.